The standard InChI is InChI=1S/C15H25N3O/c1-5-8-16-12-6-9-17-13(11-12)14(19)18-10-7-15(2,3)4/h6,9,11H,5,7-8,10H2,1-4H3,(H,16,17)(H,18,19). The summed E-state index contributed by atoms with van der Waals surface area (Å²) in [6.45, 7) is 10.2. The molecule has 0 aromatic carbocycles. The summed E-state index contributed by atoms with van der Waals surface area (Å²) in [7, 11) is 0. The van der Waals surface area contributed by atoms with Crippen LogP contribution in [0.4, 0.5) is 5.69 Å². The van der Waals surface area contributed by atoms with Crippen LogP contribution >= 0.6 is 0 Å². The lowest BCUT2D eigenvalue weighted by Crippen LogP contribution is -2.28. The smallest absolute Gasteiger partial charge is 0.269 e. The van der Waals surface area contributed by atoms with Crippen LogP contribution < -0.4 is 10.6 Å². The van der Waals surface area contributed by atoms with E-state index in [1.165, 1.54) is 0 Å². The van der Waals surface area contributed by atoms with Crippen molar-refractivity contribution in [1.29, 1.82) is 0 Å². The molecule has 19 heavy (non-hydrogen) atoms. The van der Waals surface area contributed by atoms with Gasteiger partial charge in [0.15, 0.2) is 0 Å². The lowest BCUT2D eigenvalue weighted by molar-refractivity contribution is 0.0944. The van der Waals surface area contributed by atoms with Crippen LogP contribution in [0.15, 0.2) is 18.3 Å². The van der Waals surface area contributed by atoms with Crippen molar-refractivity contribution < 1.29 is 4.79 Å². The maximum Gasteiger partial charge on any atom is 0.269 e. The lowest BCUT2D eigenvalue weighted by Gasteiger charge is -2.17. The molecule has 0 aliphatic carbocycles. The highest BCUT2D eigenvalue weighted by Gasteiger charge is 2.12. The Morgan fingerprint density at radius 3 is 2.68 bits per heavy atom. The largest absolute Gasteiger partial charge is 0.385 e. The molecule has 0 spiro atoms. The van der Waals surface area contributed by atoms with Gasteiger partial charge in [-0.3, -0.25) is 9.78 Å². The van der Waals surface area contributed by atoms with Crippen molar-refractivity contribution in [3.63, 3.8) is 0 Å². The molecule has 106 valence electrons. The van der Waals surface area contributed by atoms with E-state index in [1.54, 1.807) is 12.3 Å². The number of hydrogen-bond donors (Lipinski definition) is 2. The number of nitrogens with zero attached hydrogens (tertiary/aromatic N) is 1. The minimum Gasteiger partial charge on any atom is -0.385 e. The molecule has 1 amide bonds. The molecule has 0 aliphatic heterocycles. The van der Waals surface area contributed by atoms with Gasteiger partial charge in [0.25, 0.3) is 5.91 Å². The molecular formula is C15H25N3O. The van der Waals surface area contributed by atoms with Crippen molar-refractivity contribution in [1.82, 2.24) is 10.3 Å². The molecule has 0 fully saturated rings. The predicted molar refractivity (Wildman–Crippen MR) is 79.4 cm³/mol. The van der Waals surface area contributed by atoms with Gasteiger partial charge in [0.05, 0.1) is 0 Å². The highest BCUT2D eigenvalue weighted by molar-refractivity contribution is 5.93. The van der Waals surface area contributed by atoms with Crippen LogP contribution in [0.3, 0.4) is 0 Å². The Kier molecular flexibility index (Phi) is 5.80. The molecule has 0 unspecified atom stereocenters. The van der Waals surface area contributed by atoms with Gasteiger partial charge in [-0.2, -0.15) is 0 Å². The molecular weight excluding hydrogens is 238 g/mol. The van der Waals surface area contributed by atoms with Gasteiger partial charge in [0.2, 0.25) is 0 Å². The Morgan fingerprint density at radius 2 is 2.05 bits per heavy atom. The highest BCUT2D eigenvalue weighted by atomic mass is 16.1. The molecule has 0 saturated heterocycles. The summed E-state index contributed by atoms with van der Waals surface area (Å²) in [6, 6.07) is 3.67. The summed E-state index contributed by atoms with van der Waals surface area (Å²) < 4.78 is 0. The zero-order chi connectivity index (χ0) is 14.3. The average molecular weight is 263 g/mol. The van der Waals surface area contributed by atoms with Crippen LogP contribution in [-0.4, -0.2) is 24.0 Å². The quantitative estimate of drug-likeness (QED) is 0.829. The maximum absolute atomic E-state index is 12.0. The third-order valence-corrected chi connectivity index (χ3v) is 2.73. The molecule has 0 atom stereocenters. The minimum atomic E-state index is -0.107. The maximum atomic E-state index is 12.0. The van der Waals surface area contributed by atoms with E-state index in [2.05, 4.69) is 43.3 Å². The first-order chi connectivity index (χ1) is 8.92. The van der Waals surface area contributed by atoms with Crippen LogP contribution in [0, 0.1) is 5.41 Å². The Labute approximate surface area is 116 Å². The van der Waals surface area contributed by atoms with E-state index in [0.29, 0.717) is 12.2 Å². The van der Waals surface area contributed by atoms with Gasteiger partial charge in [-0.15, -0.1) is 0 Å². The van der Waals surface area contributed by atoms with E-state index in [-0.39, 0.29) is 11.3 Å². The van der Waals surface area contributed by atoms with E-state index in [9.17, 15) is 4.79 Å². The summed E-state index contributed by atoms with van der Waals surface area (Å²) in [6.07, 6.45) is 3.67. The molecule has 0 saturated carbocycles. The first-order valence-corrected chi connectivity index (χ1v) is 6.90. The Morgan fingerprint density at radius 1 is 1.32 bits per heavy atom. The summed E-state index contributed by atoms with van der Waals surface area (Å²) in [4.78, 5) is 16.1. The summed E-state index contributed by atoms with van der Waals surface area (Å²) in [5.41, 5.74) is 1.64. The van der Waals surface area contributed by atoms with Crippen molar-refractivity contribution in [3.05, 3.63) is 24.0 Å². The SMILES string of the molecule is CCCNc1ccnc(C(=O)NCCC(C)(C)C)c1. The molecule has 4 heteroatoms. The van der Waals surface area contributed by atoms with E-state index in [1.807, 2.05) is 6.07 Å². The number of carbonyl (C=O) groups excluding carboxylic acids is 1. The van der Waals surface area contributed by atoms with Gasteiger partial charge >= 0.3 is 0 Å². The third kappa shape index (κ3) is 6.22. The van der Waals surface area contributed by atoms with E-state index in [4.69, 9.17) is 0 Å². The number of aromatic nitrogens is 1. The summed E-state index contributed by atoms with van der Waals surface area (Å²) >= 11 is 0. The molecule has 0 bridgehead atoms. The molecule has 0 radical (unpaired) electrons. The first kappa shape index (κ1) is 15.5. The van der Waals surface area contributed by atoms with Gasteiger partial charge in [-0.05, 0) is 30.4 Å². The van der Waals surface area contributed by atoms with Crippen molar-refractivity contribution in [2.45, 2.75) is 40.5 Å². The van der Waals surface area contributed by atoms with Crippen LogP contribution in [0.2, 0.25) is 0 Å². The van der Waals surface area contributed by atoms with Crippen molar-refractivity contribution in [2.75, 3.05) is 18.4 Å². The Hall–Kier alpha value is -1.58. The molecule has 0 aliphatic rings. The van der Waals surface area contributed by atoms with Gasteiger partial charge in [-0.25, -0.2) is 0 Å². The van der Waals surface area contributed by atoms with Crippen LogP contribution in [0.5, 0.6) is 0 Å². The van der Waals surface area contributed by atoms with Crippen molar-refractivity contribution >= 4 is 11.6 Å². The second-order valence-corrected chi connectivity index (χ2v) is 5.92. The Balaban J connectivity index is 2.52. The zero-order valence-electron chi connectivity index (χ0n) is 12.4. The minimum absolute atomic E-state index is 0.107. The van der Waals surface area contributed by atoms with Crippen LogP contribution in [-0.2, 0) is 0 Å². The molecule has 1 aromatic rings. The molecule has 1 heterocycles. The number of pyridine rings is 1. The van der Waals surface area contributed by atoms with E-state index in [0.717, 1.165) is 25.1 Å². The third-order valence-electron chi connectivity index (χ3n) is 2.73. The van der Waals surface area contributed by atoms with E-state index >= 15 is 0 Å². The average Bonchev–Trinajstić information content (AvgIpc) is 2.35. The van der Waals surface area contributed by atoms with Crippen molar-refractivity contribution in [2.24, 2.45) is 5.41 Å². The summed E-state index contributed by atoms with van der Waals surface area (Å²) in [5.74, 6) is -0.107. The fraction of sp³-hybridized carbons (Fsp3) is 0.600. The number of hydrogen-bond acceptors (Lipinski definition) is 3. The molecule has 2 N–H and O–H groups in total. The first-order valence-electron chi connectivity index (χ1n) is 6.90. The van der Waals surface area contributed by atoms with Gasteiger partial charge in [0.1, 0.15) is 5.69 Å². The number of anilines is 1. The number of rotatable bonds is 6. The second kappa shape index (κ2) is 7.12. The van der Waals surface area contributed by atoms with Gasteiger partial charge < -0.3 is 10.6 Å². The summed E-state index contributed by atoms with van der Waals surface area (Å²) in [5, 5.41) is 6.16. The Bertz CT molecular complexity index is 410. The monoisotopic (exact) mass is 263 g/mol. The fourth-order valence-corrected chi connectivity index (χ4v) is 1.58. The topological polar surface area (TPSA) is 54.0 Å². The van der Waals surface area contributed by atoms with Crippen molar-refractivity contribution in [3.8, 4) is 0 Å². The van der Waals surface area contributed by atoms with Crippen LogP contribution in [0.25, 0.3) is 0 Å². The van der Waals surface area contributed by atoms with Gasteiger partial charge in [-0.1, -0.05) is 27.7 Å². The molecule has 4 nitrogen and oxygen atoms in total. The zero-order valence-corrected chi connectivity index (χ0v) is 12.4. The number of carbonyl (C=O) groups is 1. The molecule has 1 aromatic heterocycles. The van der Waals surface area contributed by atoms with E-state index < -0.39 is 0 Å². The highest BCUT2D eigenvalue weighted by Crippen LogP contribution is 2.17. The lowest BCUT2D eigenvalue weighted by atomic mass is 9.92. The number of amides is 1. The second-order valence-electron chi connectivity index (χ2n) is 5.92. The van der Waals surface area contributed by atoms with Crippen LogP contribution in [0.1, 0.15) is 51.0 Å². The van der Waals surface area contributed by atoms with Gasteiger partial charge in [0, 0.05) is 25.0 Å². The normalized spacial score (nSPS) is 11.2. The predicted octanol–water partition coefficient (Wildman–Crippen LogP) is 3.07. The molecule has 1 rings (SSSR count). The number of nitrogens with one attached hydrogen (secondary N) is 2. The fourth-order valence-electron chi connectivity index (χ4n) is 1.58.